The molecule has 0 aliphatic carbocycles. The Labute approximate surface area is 146 Å². The van der Waals surface area contributed by atoms with Crippen LogP contribution in [-0.4, -0.2) is 17.8 Å². The average molecular weight is 387 g/mol. The van der Waals surface area contributed by atoms with Crippen molar-refractivity contribution in [1.82, 2.24) is 0 Å². The van der Waals surface area contributed by atoms with Gasteiger partial charge in [-0.3, -0.25) is 14.9 Å². The smallest absolute Gasteiger partial charge is 0.270 e. The third kappa shape index (κ3) is 3.86. The Morgan fingerprint density at radius 2 is 2.08 bits per heavy atom. The van der Waals surface area contributed by atoms with Gasteiger partial charge in [0.05, 0.1) is 16.5 Å². The number of nitro groups is 1. The second-order valence-electron chi connectivity index (χ2n) is 4.70. The van der Waals surface area contributed by atoms with Crippen LogP contribution >= 0.6 is 15.9 Å². The van der Waals surface area contributed by atoms with Crippen LogP contribution in [0.2, 0.25) is 0 Å². The highest BCUT2D eigenvalue weighted by atomic mass is 79.9. The van der Waals surface area contributed by atoms with E-state index in [0.717, 1.165) is 6.07 Å². The molecular weight excluding hydrogens is 376 g/mol. The normalized spacial score (nSPS) is 10.8. The van der Waals surface area contributed by atoms with Gasteiger partial charge in [-0.15, -0.1) is 0 Å². The number of hydrogen-bond donors (Lipinski definition) is 0. The SMILES string of the molecule is COc1ccc(C=C(C#N)C(=O)c2cccc([N+](=O)[O-])c2)cc1Br. The lowest BCUT2D eigenvalue weighted by Crippen LogP contribution is -2.02. The van der Waals surface area contributed by atoms with E-state index < -0.39 is 10.7 Å². The Morgan fingerprint density at radius 3 is 2.67 bits per heavy atom. The first-order valence-electron chi connectivity index (χ1n) is 6.70. The first kappa shape index (κ1) is 17.4. The van der Waals surface area contributed by atoms with Crippen molar-refractivity contribution in [1.29, 1.82) is 5.26 Å². The number of allylic oxidation sites excluding steroid dienone is 1. The van der Waals surface area contributed by atoms with Gasteiger partial charge in [0.2, 0.25) is 5.78 Å². The fourth-order valence-corrected chi connectivity index (χ4v) is 2.56. The van der Waals surface area contributed by atoms with Gasteiger partial charge in [0.15, 0.2) is 0 Å². The number of benzene rings is 2. The molecule has 2 rings (SSSR count). The third-order valence-electron chi connectivity index (χ3n) is 3.17. The summed E-state index contributed by atoms with van der Waals surface area (Å²) in [6.45, 7) is 0. The van der Waals surface area contributed by atoms with Gasteiger partial charge in [0, 0.05) is 17.7 Å². The van der Waals surface area contributed by atoms with E-state index in [1.54, 1.807) is 18.2 Å². The molecule has 7 heteroatoms. The highest BCUT2D eigenvalue weighted by Gasteiger charge is 2.16. The molecule has 0 amide bonds. The summed E-state index contributed by atoms with van der Waals surface area (Å²) in [5, 5.41) is 20.1. The molecule has 0 radical (unpaired) electrons. The highest BCUT2D eigenvalue weighted by Crippen LogP contribution is 2.27. The summed E-state index contributed by atoms with van der Waals surface area (Å²) in [5.74, 6) is 0.0452. The minimum absolute atomic E-state index is 0.0876. The third-order valence-corrected chi connectivity index (χ3v) is 3.79. The number of carbonyl (C=O) groups is 1. The largest absolute Gasteiger partial charge is 0.496 e. The number of non-ortho nitro benzene ring substituents is 1. The van der Waals surface area contributed by atoms with Crippen molar-refractivity contribution in [3.05, 3.63) is 73.8 Å². The van der Waals surface area contributed by atoms with E-state index in [1.807, 2.05) is 6.07 Å². The van der Waals surface area contributed by atoms with Crippen LogP contribution in [-0.2, 0) is 0 Å². The second kappa shape index (κ2) is 7.53. The van der Waals surface area contributed by atoms with Crippen molar-refractivity contribution in [2.45, 2.75) is 0 Å². The Kier molecular flexibility index (Phi) is 5.45. The molecule has 0 aliphatic rings. The van der Waals surface area contributed by atoms with E-state index in [9.17, 15) is 20.2 Å². The molecule has 24 heavy (non-hydrogen) atoms. The van der Waals surface area contributed by atoms with E-state index in [0.29, 0.717) is 15.8 Å². The minimum Gasteiger partial charge on any atom is -0.496 e. The maximum atomic E-state index is 12.4. The van der Waals surface area contributed by atoms with Crippen LogP contribution in [0.25, 0.3) is 6.08 Å². The molecule has 120 valence electrons. The minimum atomic E-state index is -0.590. The van der Waals surface area contributed by atoms with Crippen molar-refractivity contribution in [3.63, 3.8) is 0 Å². The Bertz CT molecular complexity index is 884. The number of nitriles is 1. The molecule has 0 fully saturated rings. The summed E-state index contributed by atoms with van der Waals surface area (Å²) in [7, 11) is 1.53. The van der Waals surface area contributed by atoms with Crippen LogP contribution in [0.3, 0.4) is 0 Å². The van der Waals surface area contributed by atoms with Crippen molar-refractivity contribution >= 4 is 33.5 Å². The number of hydrogen-bond acceptors (Lipinski definition) is 5. The molecule has 6 nitrogen and oxygen atoms in total. The first-order chi connectivity index (χ1) is 11.5. The molecule has 2 aromatic rings. The Morgan fingerprint density at radius 1 is 1.33 bits per heavy atom. The van der Waals surface area contributed by atoms with Crippen LogP contribution < -0.4 is 4.74 Å². The Hall–Kier alpha value is -2.98. The lowest BCUT2D eigenvalue weighted by Gasteiger charge is -2.04. The monoisotopic (exact) mass is 386 g/mol. The summed E-state index contributed by atoms with van der Waals surface area (Å²) >= 11 is 3.33. The fourth-order valence-electron chi connectivity index (χ4n) is 2.00. The zero-order valence-electron chi connectivity index (χ0n) is 12.5. The van der Waals surface area contributed by atoms with Crippen LogP contribution in [0, 0.1) is 21.4 Å². The molecule has 0 N–H and O–H groups in total. The molecule has 0 atom stereocenters. The number of methoxy groups -OCH3 is 1. The van der Waals surface area contributed by atoms with E-state index in [1.165, 1.54) is 31.4 Å². The van der Waals surface area contributed by atoms with E-state index in [4.69, 9.17) is 4.74 Å². The number of rotatable bonds is 5. The van der Waals surface area contributed by atoms with Gasteiger partial charge in [0.1, 0.15) is 17.4 Å². The fraction of sp³-hybridized carbons (Fsp3) is 0.0588. The molecule has 2 aromatic carbocycles. The summed E-state index contributed by atoms with van der Waals surface area (Å²) in [5.41, 5.74) is 0.389. The van der Waals surface area contributed by atoms with Gasteiger partial charge >= 0.3 is 0 Å². The van der Waals surface area contributed by atoms with Crippen molar-refractivity contribution < 1.29 is 14.5 Å². The number of ketones is 1. The average Bonchev–Trinajstić information content (AvgIpc) is 2.59. The highest BCUT2D eigenvalue weighted by molar-refractivity contribution is 9.10. The number of carbonyl (C=O) groups excluding carboxylic acids is 1. The summed E-state index contributed by atoms with van der Waals surface area (Å²) in [6.07, 6.45) is 1.42. The quantitative estimate of drug-likeness (QED) is 0.253. The summed E-state index contributed by atoms with van der Waals surface area (Å²) in [4.78, 5) is 22.6. The van der Waals surface area contributed by atoms with Gasteiger partial charge in [-0.2, -0.15) is 5.26 Å². The van der Waals surface area contributed by atoms with Crippen molar-refractivity contribution in [2.75, 3.05) is 7.11 Å². The van der Waals surface area contributed by atoms with Crippen LogP contribution in [0.15, 0.2) is 52.5 Å². The van der Waals surface area contributed by atoms with E-state index in [-0.39, 0.29) is 16.8 Å². The van der Waals surface area contributed by atoms with Gasteiger partial charge in [0.25, 0.3) is 5.69 Å². The predicted octanol–water partition coefficient (Wildman–Crippen LogP) is 4.16. The molecule has 0 bridgehead atoms. The zero-order valence-corrected chi connectivity index (χ0v) is 14.1. The van der Waals surface area contributed by atoms with Crippen LogP contribution in [0.4, 0.5) is 5.69 Å². The predicted molar refractivity (Wildman–Crippen MR) is 91.7 cm³/mol. The number of nitrogens with zero attached hydrogens (tertiary/aromatic N) is 2. The molecule has 0 aromatic heterocycles. The summed E-state index contributed by atoms with van der Waals surface area (Å²) in [6, 6.07) is 12.2. The number of Topliss-reactive ketones (excluding diaryl/α,β-unsaturated/α-hetero) is 1. The van der Waals surface area contributed by atoms with E-state index >= 15 is 0 Å². The lowest BCUT2D eigenvalue weighted by atomic mass is 10.0. The first-order valence-corrected chi connectivity index (χ1v) is 7.50. The molecule has 0 saturated heterocycles. The molecule has 0 aliphatic heterocycles. The number of halogens is 1. The van der Waals surface area contributed by atoms with Gasteiger partial charge in [-0.1, -0.05) is 18.2 Å². The zero-order chi connectivity index (χ0) is 17.7. The number of ether oxygens (including phenoxy) is 1. The summed E-state index contributed by atoms with van der Waals surface area (Å²) < 4.78 is 5.80. The molecular formula is C17H11BrN2O4. The lowest BCUT2D eigenvalue weighted by molar-refractivity contribution is -0.384. The maximum absolute atomic E-state index is 12.4. The Balaban J connectivity index is 2.39. The van der Waals surface area contributed by atoms with Gasteiger partial charge < -0.3 is 4.74 Å². The van der Waals surface area contributed by atoms with Gasteiger partial charge in [-0.05, 0) is 39.7 Å². The molecule has 0 heterocycles. The molecule has 0 saturated carbocycles. The topological polar surface area (TPSA) is 93.2 Å². The van der Waals surface area contributed by atoms with Crippen LogP contribution in [0.5, 0.6) is 5.75 Å². The van der Waals surface area contributed by atoms with Crippen molar-refractivity contribution in [3.8, 4) is 11.8 Å². The second-order valence-corrected chi connectivity index (χ2v) is 5.55. The van der Waals surface area contributed by atoms with E-state index in [2.05, 4.69) is 15.9 Å². The molecule has 0 unspecified atom stereocenters. The standard InChI is InChI=1S/C17H11BrN2O4/c1-24-16-6-5-11(8-15(16)18)7-13(10-19)17(21)12-3-2-4-14(9-12)20(22)23/h2-9H,1H3. The number of nitro benzene ring substituents is 1. The van der Waals surface area contributed by atoms with Crippen LogP contribution in [0.1, 0.15) is 15.9 Å². The van der Waals surface area contributed by atoms with Crippen molar-refractivity contribution in [2.24, 2.45) is 0 Å². The molecule has 0 spiro atoms. The maximum Gasteiger partial charge on any atom is 0.270 e. The van der Waals surface area contributed by atoms with Gasteiger partial charge in [-0.25, -0.2) is 0 Å².